The van der Waals surface area contributed by atoms with Crippen LogP contribution in [0.5, 0.6) is 0 Å². The van der Waals surface area contributed by atoms with Crippen LogP contribution in [-0.2, 0) is 27.0 Å². The lowest BCUT2D eigenvalue weighted by Crippen LogP contribution is -2.46. The molecule has 1 amide bonds. The van der Waals surface area contributed by atoms with E-state index >= 15 is 0 Å². The highest BCUT2D eigenvalue weighted by Gasteiger charge is 2.36. The highest BCUT2D eigenvalue weighted by molar-refractivity contribution is 7.58. The van der Waals surface area contributed by atoms with E-state index in [0.717, 1.165) is 11.1 Å². The standard InChI is InChI=1S/C26H29N2O5P/c27-24(21-14-8-3-9-15-21)34(32,33)18-22(16-19-10-4-1-5-11-19)25(29)28-23(26(30)31)17-20-12-6-2-7-13-20/h1-15,22-24H,16-18,27H2,(H,28,29)(H,30,31)(H,32,33)/t22-,23-,24+/m0/s1. The van der Waals surface area contributed by atoms with Crippen LogP contribution < -0.4 is 11.1 Å². The third-order valence-electron chi connectivity index (χ3n) is 5.65. The molecule has 0 spiro atoms. The number of carbonyl (C=O) groups is 2. The Morgan fingerprint density at radius 3 is 1.79 bits per heavy atom. The van der Waals surface area contributed by atoms with E-state index in [0.29, 0.717) is 5.56 Å². The van der Waals surface area contributed by atoms with Crippen molar-refractivity contribution in [2.24, 2.45) is 11.7 Å². The normalized spacial score (nSPS) is 15.5. The fourth-order valence-electron chi connectivity index (χ4n) is 3.79. The molecule has 0 saturated carbocycles. The summed E-state index contributed by atoms with van der Waals surface area (Å²) in [5.41, 5.74) is 8.18. The van der Waals surface area contributed by atoms with Crippen molar-refractivity contribution in [3.05, 3.63) is 108 Å². The van der Waals surface area contributed by atoms with E-state index in [9.17, 15) is 24.2 Å². The van der Waals surface area contributed by atoms with E-state index in [1.54, 1.807) is 54.6 Å². The van der Waals surface area contributed by atoms with Crippen molar-refractivity contribution in [3.8, 4) is 0 Å². The number of aliphatic carboxylic acids is 1. The minimum Gasteiger partial charge on any atom is -0.480 e. The van der Waals surface area contributed by atoms with Crippen molar-refractivity contribution in [1.82, 2.24) is 5.32 Å². The summed E-state index contributed by atoms with van der Waals surface area (Å²) in [5.74, 6) is -3.87. The van der Waals surface area contributed by atoms with Gasteiger partial charge in [-0.25, -0.2) is 4.79 Å². The molecule has 0 aromatic heterocycles. The predicted octanol–water partition coefficient (Wildman–Crippen LogP) is 3.59. The Morgan fingerprint density at radius 2 is 1.29 bits per heavy atom. The maximum atomic E-state index is 13.3. The van der Waals surface area contributed by atoms with Gasteiger partial charge in [0.25, 0.3) is 0 Å². The van der Waals surface area contributed by atoms with Gasteiger partial charge in [-0.1, -0.05) is 91.0 Å². The van der Waals surface area contributed by atoms with Gasteiger partial charge in [-0.15, -0.1) is 0 Å². The molecule has 4 atom stereocenters. The first-order valence-corrected chi connectivity index (χ1v) is 12.9. The SMILES string of the molecule is N[C@@H](c1ccccc1)P(=O)(O)C[C@H](Cc1ccccc1)C(=O)N[C@@H](Cc1ccccc1)C(=O)O. The van der Waals surface area contributed by atoms with Crippen LogP contribution in [-0.4, -0.2) is 34.1 Å². The summed E-state index contributed by atoms with van der Waals surface area (Å²) >= 11 is 0. The van der Waals surface area contributed by atoms with E-state index in [1.807, 2.05) is 36.4 Å². The summed E-state index contributed by atoms with van der Waals surface area (Å²) in [6.45, 7) is 0. The smallest absolute Gasteiger partial charge is 0.326 e. The molecule has 0 saturated heterocycles. The fraction of sp³-hybridized carbons (Fsp3) is 0.231. The monoisotopic (exact) mass is 480 g/mol. The average Bonchev–Trinajstić information content (AvgIpc) is 2.84. The molecular formula is C26H29N2O5P. The molecule has 5 N–H and O–H groups in total. The molecular weight excluding hydrogens is 451 g/mol. The van der Waals surface area contributed by atoms with E-state index in [-0.39, 0.29) is 19.0 Å². The first-order chi connectivity index (χ1) is 16.3. The second-order valence-corrected chi connectivity index (χ2v) is 10.7. The van der Waals surface area contributed by atoms with Crippen LogP contribution in [0.2, 0.25) is 0 Å². The molecule has 1 unspecified atom stereocenters. The topological polar surface area (TPSA) is 130 Å². The molecule has 178 valence electrons. The average molecular weight is 481 g/mol. The van der Waals surface area contributed by atoms with E-state index < -0.39 is 37.0 Å². The Bertz CT molecular complexity index is 1130. The van der Waals surface area contributed by atoms with E-state index in [4.69, 9.17) is 5.73 Å². The van der Waals surface area contributed by atoms with Crippen molar-refractivity contribution in [2.75, 3.05) is 6.16 Å². The molecule has 0 bridgehead atoms. The molecule has 0 heterocycles. The van der Waals surface area contributed by atoms with Gasteiger partial charge in [0.05, 0.1) is 5.92 Å². The Morgan fingerprint density at radius 1 is 0.824 bits per heavy atom. The van der Waals surface area contributed by atoms with Crippen LogP contribution in [0.3, 0.4) is 0 Å². The maximum absolute atomic E-state index is 13.3. The summed E-state index contributed by atoms with van der Waals surface area (Å²) in [6.07, 6.45) is -0.0990. The predicted molar refractivity (Wildman–Crippen MR) is 131 cm³/mol. The zero-order valence-electron chi connectivity index (χ0n) is 18.7. The molecule has 34 heavy (non-hydrogen) atoms. The van der Waals surface area contributed by atoms with Crippen LogP contribution in [0.1, 0.15) is 22.5 Å². The highest BCUT2D eigenvalue weighted by atomic mass is 31.2. The summed E-state index contributed by atoms with van der Waals surface area (Å²) < 4.78 is 13.3. The van der Waals surface area contributed by atoms with Crippen molar-refractivity contribution in [3.63, 3.8) is 0 Å². The number of rotatable bonds is 11. The van der Waals surface area contributed by atoms with Crippen molar-refractivity contribution < 1.29 is 24.2 Å². The van der Waals surface area contributed by atoms with Gasteiger partial charge in [0.1, 0.15) is 11.8 Å². The number of carboxylic acids is 1. The number of carbonyl (C=O) groups excluding carboxylic acids is 1. The summed E-state index contributed by atoms with van der Waals surface area (Å²) in [5, 5.41) is 12.3. The first-order valence-electron chi connectivity index (χ1n) is 11.0. The molecule has 0 radical (unpaired) electrons. The lowest BCUT2D eigenvalue weighted by molar-refractivity contribution is -0.142. The molecule has 7 nitrogen and oxygen atoms in total. The number of benzene rings is 3. The van der Waals surface area contributed by atoms with Gasteiger partial charge in [-0.05, 0) is 23.1 Å². The van der Waals surface area contributed by atoms with Crippen LogP contribution in [0.15, 0.2) is 91.0 Å². The summed E-state index contributed by atoms with van der Waals surface area (Å²) in [7, 11) is -4.02. The van der Waals surface area contributed by atoms with Gasteiger partial charge < -0.3 is 21.1 Å². The van der Waals surface area contributed by atoms with Crippen molar-refractivity contribution in [2.45, 2.75) is 24.7 Å². The molecule has 0 fully saturated rings. The van der Waals surface area contributed by atoms with Gasteiger partial charge in [-0.3, -0.25) is 9.36 Å². The number of amides is 1. The minimum atomic E-state index is -4.02. The highest BCUT2D eigenvalue weighted by Crippen LogP contribution is 2.54. The van der Waals surface area contributed by atoms with Gasteiger partial charge in [0.2, 0.25) is 13.3 Å². The molecule has 0 aliphatic heterocycles. The first kappa shape index (κ1) is 25.4. The molecule has 3 aromatic carbocycles. The van der Waals surface area contributed by atoms with Gasteiger partial charge >= 0.3 is 5.97 Å². The maximum Gasteiger partial charge on any atom is 0.326 e. The van der Waals surface area contributed by atoms with Crippen LogP contribution in [0.25, 0.3) is 0 Å². The third kappa shape index (κ3) is 7.12. The zero-order chi connectivity index (χ0) is 24.6. The lowest BCUT2D eigenvalue weighted by atomic mass is 9.99. The zero-order valence-corrected chi connectivity index (χ0v) is 19.6. The molecule has 0 aliphatic rings. The molecule has 3 rings (SSSR count). The van der Waals surface area contributed by atoms with Crippen LogP contribution >= 0.6 is 7.37 Å². The second kappa shape index (κ2) is 11.7. The van der Waals surface area contributed by atoms with E-state index in [2.05, 4.69) is 5.32 Å². The lowest BCUT2D eigenvalue weighted by Gasteiger charge is -2.26. The summed E-state index contributed by atoms with van der Waals surface area (Å²) in [6, 6.07) is 25.5. The minimum absolute atomic E-state index is 0.0975. The second-order valence-electron chi connectivity index (χ2n) is 8.27. The fourth-order valence-corrected chi connectivity index (χ4v) is 5.58. The van der Waals surface area contributed by atoms with Gasteiger partial charge in [0.15, 0.2) is 0 Å². The Kier molecular flexibility index (Phi) is 8.77. The Labute approximate surface area is 199 Å². The quantitative estimate of drug-likeness (QED) is 0.311. The Balaban J connectivity index is 1.81. The number of nitrogens with two attached hydrogens (primary N) is 1. The van der Waals surface area contributed by atoms with Gasteiger partial charge in [-0.2, -0.15) is 0 Å². The largest absolute Gasteiger partial charge is 0.480 e. The summed E-state index contributed by atoms with van der Waals surface area (Å²) in [4.78, 5) is 35.9. The Hall–Kier alpha value is -3.25. The number of nitrogens with one attached hydrogen (secondary N) is 1. The third-order valence-corrected chi connectivity index (χ3v) is 7.78. The van der Waals surface area contributed by atoms with Crippen molar-refractivity contribution in [1.29, 1.82) is 0 Å². The van der Waals surface area contributed by atoms with Crippen molar-refractivity contribution >= 4 is 19.2 Å². The number of carboxylic acid groups (broad SMARTS) is 1. The van der Waals surface area contributed by atoms with E-state index in [1.165, 1.54) is 0 Å². The molecule has 3 aromatic rings. The molecule has 0 aliphatic carbocycles. The van der Waals surface area contributed by atoms with Crippen LogP contribution in [0, 0.1) is 5.92 Å². The number of hydrogen-bond acceptors (Lipinski definition) is 4. The molecule has 8 heteroatoms. The van der Waals surface area contributed by atoms with Crippen LogP contribution in [0.4, 0.5) is 0 Å². The van der Waals surface area contributed by atoms with Gasteiger partial charge in [0, 0.05) is 12.6 Å². The number of hydrogen-bond donors (Lipinski definition) is 4.